The van der Waals surface area contributed by atoms with Gasteiger partial charge in [-0.1, -0.05) is 170 Å². The monoisotopic (exact) mass is 783 g/mol. The molecular formula is C59H45NO. The maximum atomic E-state index is 6.55. The fraction of sp³-hybridized carbons (Fsp3) is 0.119. The van der Waals surface area contributed by atoms with Crippen molar-refractivity contribution in [1.82, 2.24) is 0 Å². The van der Waals surface area contributed by atoms with Crippen LogP contribution in [-0.4, -0.2) is 0 Å². The minimum atomic E-state index is -0.284. The number of allylic oxidation sites excluding steroid dienone is 15. The van der Waals surface area contributed by atoms with E-state index in [1.54, 1.807) is 0 Å². The van der Waals surface area contributed by atoms with Crippen LogP contribution in [0.5, 0.6) is 0 Å². The Kier molecular flexibility index (Phi) is 8.52. The Labute approximate surface area is 357 Å². The highest BCUT2D eigenvalue weighted by atomic mass is 16.3. The van der Waals surface area contributed by atoms with Gasteiger partial charge in [0.15, 0.2) is 0 Å². The molecule has 0 radical (unpaired) electrons. The van der Waals surface area contributed by atoms with Crippen LogP contribution in [-0.2, 0) is 5.41 Å². The second-order valence-electron chi connectivity index (χ2n) is 17.0. The average Bonchev–Trinajstić information content (AvgIpc) is 3.85. The summed E-state index contributed by atoms with van der Waals surface area (Å²) in [7, 11) is 0. The van der Waals surface area contributed by atoms with Crippen LogP contribution in [0.2, 0.25) is 0 Å². The number of para-hydroxylation sites is 1. The lowest BCUT2D eigenvalue weighted by Gasteiger charge is -2.41. The van der Waals surface area contributed by atoms with Gasteiger partial charge < -0.3 is 9.32 Å². The van der Waals surface area contributed by atoms with Crippen molar-refractivity contribution in [1.29, 1.82) is 0 Å². The number of benzene rings is 6. The molecule has 0 spiro atoms. The Morgan fingerprint density at radius 2 is 1.38 bits per heavy atom. The summed E-state index contributed by atoms with van der Waals surface area (Å²) in [5.74, 6) is 0.491. The predicted molar refractivity (Wildman–Crippen MR) is 254 cm³/mol. The van der Waals surface area contributed by atoms with E-state index in [-0.39, 0.29) is 17.3 Å². The Hall–Kier alpha value is -7.16. The van der Waals surface area contributed by atoms with Crippen molar-refractivity contribution in [3.63, 3.8) is 0 Å². The number of hydrogen-bond donors (Lipinski definition) is 0. The Morgan fingerprint density at radius 1 is 0.590 bits per heavy atom. The second-order valence-corrected chi connectivity index (χ2v) is 17.0. The van der Waals surface area contributed by atoms with Gasteiger partial charge in [-0.15, -0.1) is 0 Å². The number of nitrogens with zero attached hydrogens (tertiary/aromatic N) is 1. The Bertz CT molecular complexity index is 3140. The summed E-state index contributed by atoms with van der Waals surface area (Å²) in [6.07, 6.45) is 27.7. The van der Waals surface area contributed by atoms with Crippen LogP contribution in [0.1, 0.15) is 53.5 Å². The summed E-state index contributed by atoms with van der Waals surface area (Å²) in [4.78, 5) is 2.48. The first-order valence-corrected chi connectivity index (χ1v) is 21.9. The lowest BCUT2D eigenvalue weighted by molar-refractivity contribution is 0.485. The third kappa shape index (κ3) is 5.70. The van der Waals surface area contributed by atoms with Gasteiger partial charge in [0.1, 0.15) is 11.2 Å². The van der Waals surface area contributed by atoms with Crippen LogP contribution in [0.25, 0.3) is 38.7 Å². The van der Waals surface area contributed by atoms with Crippen molar-refractivity contribution < 1.29 is 4.42 Å². The molecule has 0 fully saturated rings. The molecule has 2 nitrogen and oxygen atoms in total. The van der Waals surface area contributed by atoms with E-state index in [1.165, 1.54) is 61.4 Å². The van der Waals surface area contributed by atoms with Crippen LogP contribution in [0.15, 0.2) is 234 Å². The first-order chi connectivity index (χ1) is 30.3. The van der Waals surface area contributed by atoms with Gasteiger partial charge in [-0.2, -0.15) is 0 Å². The molecule has 0 saturated heterocycles. The second kappa shape index (κ2) is 14.5. The molecular weight excluding hydrogens is 739 g/mol. The molecule has 2 heteroatoms. The molecule has 3 atom stereocenters. The highest BCUT2D eigenvalue weighted by Gasteiger charge is 2.53. The molecule has 0 amide bonds. The van der Waals surface area contributed by atoms with Gasteiger partial charge in [-0.25, -0.2) is 0 Å². The largest absolute Gasteiger partial charge is 0.456 e. The van der Waals surface area contributed by atoms with Crippen molar-refractivity contribution in [2.75, 3.05) is 4.90 Å². The summed E-state index contributed by atoms with van der Waals surface area (Å²) in [6.45, 7) is 0. The van der Waals surface area contributed by atoms with E-state index in [2.05, 4.69) is 211 Å². The van der Waals surface area contributed by atoms with E-state index in [1.807, 2.05) is 6.07 Å². The van der Waals surface area contributed by atoms with Crippen LogP contribution < -0.4 is 4.90 Å². The van der Waals surface area contributed by atoms with Crippen LogP contribution in [0.4, 0.5) is 11.4 Å². The molecule has 5 aliphatic carbocycles. The summed E-state index contributed by atoms with van der Waals surface area (Å²) in [5, 5.41) is 2.27. The van der Waals surface area contributed by atoms with E-state index < -0.39 is 0 Å². The van der Waals surface area contributed by atoms with E-state index in [0.29, 0.717) is 0 Å². The lowest BCUT2D eigenvalue weighted by atomic mass is 9.61. The van der Waals surface area contributed by atoms with Gasteiger partial charge >= 0.3 is 0 Å². The summed E-state index contributed by atoms with van der Waals surface area (Å²) >= 11 is 0. The average molecular weight is 784 g/mol. The van der Waals surface area contributed by atoms with Gasteiger partial charge in [-0.3, -0.25) is 0 Å². The number of anilines is 2. The van der Waals surface area contributed by atoms with Crippen molar-refractivity contribution in [2.45, 2.75) is 31.1 Å². The van der Waals surface area contributed by atoms with Crippen molar-refractivity contribution >= 4 is 50.0 Å². The molecule has 0 bridgehead atoms. The van der Waals surface area contributed by atoms with Gasteiger partial charge in [0.2, 0.25) is 0 Å². The molecule has 6 aromatic carbocycles. The molecule has 0 N–H and O–H groups in total. The Balaban J connectivity index is 1.03. The zero-order valence-corrected chi connectivity index (χ0v) is 34.0. The fourth-order valence-corrected chi connectivity index (χ4v) is 11.2. The van der Waals surface area contributed by atoms with Crippen LogP contribution in [0.3, 0.4) is 0 Å². The maximum Gasteiger partial charge on any atom is 0.137 e. The molecule has 1 aromatic heterocycles. The minimum Gasteiger partial charge on any atom is -0.456 e. The highest BCUT2D eigenvalue weighted by molar-refractivity contribution is 6.06. The van der Waals surface area contributed by atoms with E-state index in [0.717, 1.165) is 59.0 Å². The van der Waals surface area contributed by atoms with Crippen molar-refractivity contribution in [2.24, 2.45) is 11.8 Å². The zero-order chi connectivity index (χ0) is 40.3. The van der Waals surface area contributed by atoms with E-state index >= 15 is 0 Å². The molecule has 0 aliphatic heterocycles. The molecule has 0 saturated carbocycles. The van der Waals surface area contributed by atoms with Gasteiger partial charge in [-0.05, 0) is 118 Å². The van der Waals surface area contributed by atoms with E-state index in [4.69, 9.17) is 4.42 Å². The van der Waals surface area contributed by atoms with Crippen molar-refractivity contribution in [3.05, 3.63) is 257 Å². The molecule has 7 aromatic rings. The standard InChI is InChI=1S/C59H45NO/c1-4-18-41(19-5-1)58-48-26-11-10-17-40(48)32-36-55(58)60(47-33-35-52-51-28-13-15-30-56(51)61-57(52)39-47)46-25-16-20-42(37-46)43-31-34-50-49-27-12-14-29-53(49)59(54(50)38-43,44-21-6-2-7-22-44)45-23-8-3-9-24-45/h1-2,4-8,10-25,27-37,39,48,54H,3,9,26,38H2. The topological polar surface area (TPSA) is 16.4 Å². The predicted octanol–water partition coefficient (Wildman–Crippen LogP) is 15.3. The SMILES string of the molecule is C1=CCC2C(=C1)C=CC(N(c1cccc(C3=CC=C4c5ccccc5C(C5=CCCC=C5)(c5ccccc5)C4C3)c1)c1ccc3c(c1)oc1ccccc13)=C2c1ccccc1. The summed E-state index contributed by atoms with van der Waals surface area (Å²) in [6, 6.07) is 55.9. The molecule has 5 aliphatic rings. The van der Waals surface area contributed by atoms with Gasteiger partial charge in [0.05, 0.1) is 11.1 Å². The van der Waals surface area contributed by atoms with Gasteiger partial charge in [0, 0.05) is 40.0 Å². The minimum absolute atomic E-state index is 0.245. The number of hydrogen-bond acceptors (Lipinski definition) is 2. The molecule has 3 unspecified atom stereocenters. The molecule has 292 valence electrons. The molecule has 1 heterocycles. The lowest BCUT2D eigenvalue weighted by Crippen LogP contribution is -2.36. The number of fused-ring (bicyclic) bond motifs is 7. The molecule has 12 rings (SSSR count). The van der Waals surface area contributed by atoms with Gasteiger partial charge in [0.25, 0.3) is 0 Å². The first kappa shape index (κ1) is 35.8. The maximum absolute atomic E-state index is 6.55. The quantitative estimate of drug-likeness (QED) is 0.160. The smallest absolute Gasteiger partial charge is 0.137 e. The summed E-state index contributed by atoms with van der Waals surface area (Å²) in [5.41, 5.74) is 18.4. The van der Waals surface area contributed by atoms with Crippen LogP contribution >= 0.6 is 0 Å². The fourth-order valence-electron chi connectivity index (χ4n) is 11.2. The first-order valence-electron chi connectivity index (χ1n) is 21.9. The summed E-state index contributed by atoms with van der Waals surface area (Å²) < 4.78 is 6.55. The third-order valence-corrected chi connectivity index (χ3v) is 13.8. The van der Waals surface area contributed by atoms with Crippen LogP contribution in [0, 0.1) is 11.8 Å². The highest BCUT2D eigenvalue weighted by Crippen LogP contribution is 2.62. The zero-order valence-electron chi connectivity index (χ0n) is 34.0. The normalized spacial score (nSPS) is 21.4. The third-order valence-electron chi connectivity index (χ3n) is 13.8. The Morgan fingerprint density at radius 3 is 2.26 bits per heavy atom. The molecule has 61 heavy (non-hydrogen) atoms. The van der Waals surface area contributed by atoms with Crippen molar-refractivity contribution in [3.8, 4) is 0 Å². The number of rotatable bonds is 7. The number of furan rings is 1. The van der Waals surface area contributed by atoms with E-state index in [9.17, 15) is 0 Å².